The van der Waals surface area contributed by atoms with Gasteiger partial charge in [0.05, 0.1) is 0 Å². The number of rotatable bonds is 11. The van der Waals surface area contributed by atoms with Crippen LogP contribution in [0.15, 0.2) is 135 Å². The van der Waals surface area contributed by atoms with Crippen LogP contribution in [-0.4, -0.2) is 6.21 Å². The lowest BCUT2D eigenvalue weighted by atomic mass is 9.81. The lowest BCUT2D eigenvalue weighted by molar-refractivity contribution is 1.38. The summed E-state index contributed by atoms with van der Waals surface area (Å²) in [6.45, 7) is 27.5. The van der Waals surface area contributed by atoms with E-state index >= 15 is 0 Å². The maximum atomic E-state index is 7.14. The molecule has 0 atom stereocenters. The number of allylic oxidation sites excluding steroid dienone is 8. The molecular weight excluding hydrogens is 542 g/mol. The smallest absolute Gasteiger partial charge is 0.0177 e. The van der Waals surface area contributed by atoms with Gasteiger partial charge >= 0.3 is 0 Å². The highest BCUT2D eigenvalue weighted by molar-refractivity contribution is 6.12. The van der Waals surface area contributed by atoms with Crippen LogP contribution >= 0.6 is 0 Å². The molecule has 4 aromatic rings. The van der Waals surface area contributed by atoms with Crippen molar-refractivity contribution < 1.29 is 0 Å². The lowest BCUT2D eigenvalue weighted by Gasteiger charge is -2.22. The van der Waals surface area contributed by atoms with E-state index in [0.29, 0.717) is 0 Å². The Morgan fingerprint density at radius 3 is 1.82 bits per heavy atom. The average Bonchev–Trinajstić information content (AvgIpc) is 3.08. The Morgan fingerprint density at radius 2 is 1.24 bits per heavy atom. The third-order valence-electron chi connectivity index (χ3n) is 7.56. The molecule has 0 bridgehead atoms. The van der Waals surface area contributed by atoms with Crippen LogP contribution in [0, 0.1) is 5.41 Å². The molecule has 1 nitrogen and oxygen atoms in total. The number of benzene rings is 4. The molecule has 0 aliphatic rings. The zero-order valence-corrected chi connectivity index (χ0v) is 27.5. The summed E-state index contributed by atoms with van der Waals surface area (Å²) in [4.78, 5) is 0. The van der Waals surface area contributed by atoms with Gasteiger partial charge < -0.3 is 5.41 Å². The van der Waals surface area contributed by atoms with Crippen molar-refractivity contribution in [1.29, 1.82) is 5.41 Å². The largest absolute Gasteiger partial charge is 0.309 e. The highest BCUT2D eigenvalue weighted by atomic mass is 14.3. The molecular formula is C44H45N. The molecule has 0 radical (unpaired) electrons. The molecule has 0 heterocycles. The van der Waals surface area contributed by atoms with Crippen molar-refractivity contribution in [3.8, 4) is 22.3 Å². The molecule has 0 fully saturated rings. The van der Waals surface area contributed by atoms with E-state index < -0.39 is 0 Å². The van der Waals surface area contributed by atoms with Crippen LogP contribution in [0.4, 0.5) is 0 Å². The molecule has 1 heteroatoms. The summed E-state index contributed by atoms with van der Waals surface area (Å²) in [6.07, 6.45) is 18.9. The third kappa shape index (κ3) is 7.63. The summed E-state index contributed by atoms with van der Waals surface area (Å²) < 4.78 is 0. The van der Waals surface area contributed by atoms with Gasteiger partial charge in [-0.05, 0) is 98.8 Å². The highest BCUT2D eigenvalue weighted by Crippen LogP contribution is 2.45. The molecule has 0 unspecified atom stereocenters. The first-order valence-electron chi connectivity index (χ1n) is 15.4. The van der Waals surface area contributed by atoms with Crippen molar-refractivity contribution in [2.75, 3.05) is 0 Å². The predicted molar refractivity (Wildman–Crippen MR) is 206 cm³/mol. The van der Waals surface area contributed by atoms with E-state index in [9.17, 15) is 0 Å². The van der Waals surface area contributed by atoms with Gasteiger partial charge in [0, 0.05) is 6.21 Å². The Labute approximate surface area is 270 Å². The third-order valence-corrected chi connectivity index (χ3v) is 7.56. The SMILES string of the molecule is C=Cc1c(C(=C)/C(C)=C/C=C(C)C)cccc1-c1c(C=C)c(C=C)c(-c2ccc(/C=C/C=C\C=N)cc2)c2ccccc12.CC. The van der Waals surface area contributed by atoms with Crippen molar-refractivity contribution >= 4 is 46.9 Å². The van der Waals surface area contributed by atoms with Gasteiger partial charge in [-0.3, -0.25) is 0 Å². The first kappa shape index (κ1) is 34.2. The Balaban J connectivity index is 0.00000271. The standard InChI is InChI=1S/C42H39N.C2H6/c1-8-34-37(31(7)30(6)23-22-29(4)5)20-16-21-38(34)42-36(10-3)35(9-2)41(39-18-13-14-19-40(39)42)33-26-24-32(25-27-33)17-12-11-15-28-43;1-2/h8-28,43H,1-3,7H2,4-6H3;1-2H3/b15-11-,17-12+,30-23+,43-28?;. The van der Waals surface area contributed by atoms with E-state index in [1.165, 1.54) is 11.8 Å². The second-order valence-electron chi connectivity index (χ2n) is 10.6. The summed E-state index contributed by atoms with van der Waals surface area (Å²) >= 11 is 0. The zero-order chi connectivity index (χ0) is 32.9. The van der Waals surface area contributed by atoms with Crippen molar-refractivity contribution in [3.05, 3.63) is 162 Å². The Bertz CT molecular complexity index is 1850. The Hall–Kier alpha value is -5.27. The maximum absolute atomic E-state index is 7.14. The van der Waals surface area contributed by atoms with Crippen molar-refractivity contribution in [1.82, 2.24) is 0 Å². The van der Waals surface area contributed by atoms with Crippen LogP contribution < -0.4 is 0 Å². The molecule has 0 aromatic heterocycles. The van der Waals surface area contributed by atoms with E-state index in [0.717, 1.165) is 72.0 Å². The maximum Gasteiger partial charge on any atom is 0.0177 e. The molecule has 0 spiro atoms. The predicted octanol–water partition coefficient (Wildman–Crippen LogP) is 13.3. The van der Waals surface area contributed by atoms with Crippen LogP contribution in [0.3, 0.4) is 0 Å². The summed E-state index contributed by atoms with van der Waals surface area (Å²) in [7, 11) is 0. The van der Waals surface area contributed by atoms with Gasteiger partial charge in [0.25, 0.3) is 0 Å². The summed E-state index contributed by atoms with van der Waals surface area (Å²) in [5.74, 6) is 0. The molecule has 0 aliphatic carbocycles. The summed E-state index contributed by atoms with van der Waals surface area (Å²) in [5.41, 5.74) is 13.0. The highest BCUT2D eigenvalue weighted by Gasteiger charge is 2.21. The first-order chi connectivity index (χ1) is 21.9. The van der Waals surface area contributed by atoms with E-state index in [4.69, 9.17) is 5.41 Å². The lowest BCUT2D eigenvalue weighted by Crippen LogP contribution is -1.99. The van der Waals surface area contributed by atoms with E-state index in [1.807, 2.05) is 50.3 Å². The number of hydrogen-bond donors (Lipinski definition) is 1. The van der Waals surface area contributed by atoms with Crippen LogP contribution in [0.5, 0.6) is 0 Å². The first-order valence-corrected chi connectivity index (χ1v) is 15.4. The molecule has 45 heavy (non-hydrogen) atoms. The molecule has 4 rings (SSSR count). The average molecular weight is 588 g/mol. The van der Waals surface area contributed by atoms with Gasteiger partial charge in [0.1, 0.15) is 0 Å². The molecule has 4 aromatic carbocycles. The molecule has 0 saturated heterocycles. The summed E-state index contributed by atoms with van der Waals surface area (Å²) in [5, 5.41) is 9.43. The minimum atomic E-state index is 0.974. The van der Waals surface area contributed by atoms with Crippen LogP contribution in [-0.2, 0) is 0 Å². The Kier molecular flexibility index (Phi) is 12.6. The van der Waals surface area contributed by atoms with E-state index in [-0.39, 0.29) is 0 Å². The van der Waals surface area contributed by atoms with Crippen LogP contribution in [0.2, 0.25) is 0 Å². The second-order valence-corrected chi connectivity index (χ2v) is 10.6. The zero-order valence-electron chi connectivity index (χ0n) is 27.5. The topological polar surface area (TPSA) is 23.9 Å². The van der Waals surface area contributed by atoms with Gasteiger partial charge in [0.2, 0.25) is 0 Å². The fraction of sp³-hybridized carbons (Fsp3) is 0.114. The van der Waals surface area contributed by atoms with Gasteiger partial charge in [-0.1, -0.05) is 161 Å². The quantitative estimate of drug-likeness (QED) is 0.133. The second kappa shape index (κ2) is 16.5. The molecule has 226 valence electrons. The molecule has 0 amide bonds. The van der Waals surface area contributed by atoms with Crippen molar-refractivity contribution in [2.24, 2.45) is 0 Å². The van der Waals surface area contributed by atoms with E-state index in [1.54, 1.807) is 6.08 Å². The number of hydrogen-bond acceptors (Lipinski definition) is 1. The van der Waals surface area contributed by atoms with Crippen LogP contribution in [0.1, 0.15) is 62.4 Å². The van der Waals surface area contributed by atoms with Gasteiger partial charge in [-0.2, -0.15) is 0 Å². The van der Waals surface area contributed by atoms with Gasteiger partial charge in [-0.15, -0.1) is 0 Å². The van der Waals surface area contributed by atoms with Crippen molar-refractivity contribution in [2.45, 2.75) is 34.6 Å². The van der Waals surface area contributed by atoms with Crippen molar-refractivity contribution in [3.63, 3.8) is 0 Å². The fourth-order valence-electron chi connectivity index (χ4n) is 5.42. The normalized spacial score (nSPS) is 11.2. The number of fused-ring (bicyclic) bond motifs is 1. The number of nitrogens with one attached hydrogen (secondary N) is 1. The molecule has 0 aliphatic heterocycles. The fourth-order valence-corrected chi connectivity index (χ4v) is 5.42. The molecule has 1 N–H and O–H groups in total. The van der Waals surface area contributed by atoms with Crippen LogP contribution in [0.25, 0.3) is 62.9 Å². The minimum absolute atomic E-state index is 0.974. The molecule has 0 saturated carbocycles. The van der Waals surface area contributed by atoms with E-state index in [2.05, 4.69) is 126 Å². The monoisotopic (exact) mass is 587 g/mol. The Morgan fingerprint density at radius 1 is 0.644 bits per heavy atom. The minimum Gasteiger partial charge on any atom is -0.309 e. The van der Waals surface area contributed by atoms with Gasteiger partial charge in [-0.25, -0.2) is 0 Å². The van der Waals surface area contributed by atoms with Gasteiger partial charge in [0.15, 0.2) is 0 Å². The summed E-state index contributed by atoms with van der Waals surface area (Å²) in [6, 6.07) is 23.5.